The highest BCUT2D eigenvalue weighted by Gasteiger charge is 2.61. The van der Waals surface area contributed by atoms with Gasteiger partial charge in [0, 0.05) is 30.1 Å². The quantitative estimate of drug-likeness (QED) is 0.821. The lowest BCUT2D eigenvalue weighted by Gasteiger charge is -2.56. The summed E-state index contributed by atoms with van der Waals surface area (Å²) in [7, 11) is 0. The topological polar surface area (TPSA) is 71.4 Å². The number of hydrogen-bond acceptors (Lipinski definition) is 4. The Morgan fingerprint density at radius 3 is 2.59 bits per heavy atom. The summed E-state index contributed by atoms with van der Waals surface area (Å²) in [5, 5.41) is 10.6. The van der Waals surface area contributed by atoms with Crippen LogP contribution in [0.25, 0.3) is 0 Å². The second-order valence-electron chi connectivity index (χ2n) is 9.94. The van der Waals surface area contributed by atoms with E-state index in [4.69, 9.17) is 0 Å². The molecule has 4 aliphatic rings. The lowest BCUT2D eigenvalue weighted by atomic mass is 9.46. The van der Waals surface area contributed by atoms with Gasteiger partial charge in [-0.1, -0.05) is 26.3 Å². The van der Waals surface area contributed by atoms with E-state index < -0.39 is 6.10 Å². The number of Topliss-reactive ketones (excluding diaryl/α,β-unsaturated/α-hetero) is 2. The van der Waals surface area contributed by atoms with Gasteiger partial charge in [0.15, 0.2) is 5.78 Å². The van der Waals surface area contributed by atoms with Crippen molar-refractivity contribution >= 4 is 17.3 Å². The molecule has 148 valence electrons. The monoisotopic (exact) mass is 372 g/mol. The lowest BCUT2D eigenvalue weighted by Crippen LogP contribution is -2.55. The summed E-state index contributed by atoms with van der Waals surface area (Å²) in [6, 6.07) is 0. The first-order valence-electron chi connectivity index (χ1n) is 10.7. The van der Waals surface area contributed by atoms with Gasteiger partial charge in [0.1, 0.15) is 11.6 Å². The number of allylic oxidation sites excluding steroid dienone is 1. The van der Waals surface area contributed by atoms with E-state index in [1.165, 1.54) is 0 Å². The summed E-state index contributed by atoms with van der Waals surface area (Å²) >= 11 is 0. The molecular formula is C23H32O4. The van der Waals surface area contributed by atoms with Crippen molar-refractivity contribution in [3.63, 3.8) is 0 Å². The highest BCUT2D eigenvalue weighted by molar-refractivity contribution is 5.97. The van der Waals surface area contributed by atoms with Crippen LogP contribution in [0.3, 0.4) is 0 Å². The minimum absolute atomic E-state index is 0.0962. The van der Waals surface area contributed by atoms with E-state index in [1.807, 2.05) is 6.92 Å². The maximum Gasteiger partial charge on any atom is 0.159 e. The van der Waals surface area contributed by atoms with Crippen molar-refractivity contribution in [1.29, 1.82) is 0 Å². The first-order valence-corrected chi connectivity index (χ1v) is 10.7. The number of aliphatic hydroxyl groups excluding tert-OH is 1. The van der Waals surface area contributed by atoms with Crippen LogP contribution in [0.2, 0.25) is 0 Å². The number of carbonyl (C=O) groups excluding carboxylic acids is 3. The Hall–Kier alpha value is -1.29. The van der Waals surface area contributed by atoms with E-state index in [9.17, 15) is 19.5 Å². The molecule has 7 atom stereocenters. The first kappa shape index (κ1) is 19.0. The number of ketones is 3. The van der Waals surface area contributed by atoms with Crippen LogP contribution in [0.4, 0.5) is 0 Å². The summed E-state index contributed by atoms with van der Waals surface area (Å²) in [6.07, 6.45) is 6.64. The Morgan fingerprint density at radius 2 is 1.89 bits per heavy atom. The molecule has 0 amide bonds. The Labute approximate surface area is 161 Å². The average molecular weight is 373 g/mol. The molecule has 0 radical (unpaired) electrons. The van der Waals surface area contributed by atoms with Gasteiger partial charge in [-0.15, -0.1) is 0 Å². The van der Waals surface area contributed by atoms with Gasteiger partial charge in [0.25, 0.3) is 0 Å². The van der Waals surface area contributed by atoms with Crippen LogP contribution in [0.1, 0.15) is 72.1 Å². The first-order chi connectivity index (χ1) is 12.7. The van der Waals surface area contributed by atoms with Gasteiger partial charge in [0.05, 0.1) is 6.10 Å². The molecule has 4 rings (SSSR count). The number of carbonyl (C=O) groups is 3. The van der Waals surface area contributed by atoms with E-state index in [-0.39, 0.29) is 46.1 Å². The zero-order chi connectivity index (χ0) is 19.6. The molecule has 0 saturated heterocycles. The molecule has 1 unspecified atom stereocenters. The predicted octanol–water partition coefficient (Wildman–Crippen LogP) is 3.65. The fourth-order valence-corrected chi connectivity index (χ4v) is 6.99. The Kier molecular flexibility index (Phi) is 4.49. The third-order valence-corrected chi connectivity index (χ3v) is 8.62. The van der Waals surface area contributed by atoms with Crippen LogP contribution in [-0.2, 0) is 14.4 Å². The standard InChI is InChI=1S/C23H32O4/c1-4-5-17(24)14-12-23(3)13(10-18(14)25)11-19(26)21-15-6-7-20(27)22(15,2)9-8-16(21)23/h11,14-16,18,21,25H,4-10,12H2,1-3H3/t14?,15-,16-,18+,21-,22-,23-/m0/s1. The van der Waals surface area contributed by atoms with Gasteiger partial charge in [0.2, 0.25) is 0 Å². The predicted molar refractivity (Wildman–Crippen MR) is 102 cm³/mol. The second-order valence-corrected chi connectivity index (χ2v) is 9.94. The van der Waals surface area contributed by atoms with Crippen molar-refractivity contribution in [1.82, 2.24) is 0 Å². The van der Waals surface area contributed by atoms with E-state index >= 15 is 0 Å². The average Bonchev–Trinajstić information content (AvgIpc) is 2.91. The van der Waals surface area contributed by atoms with Gasteiger partial charge < -0.3 is 5.11 Å². The number of hydrogen-bond donors (Lipinski definition) is 1. The van der Waals surface area contributed by atoms with Gasteiger partial charge in [-0.05, 0) is 61.9 Å². The third kappa shape index (κ3) is 2.62. The maximum atomic E-state index is 13.1. The fraction of sp³-hybridized carbons (Fsp3) is 0.783. The van der Waals surface area contributed by atoms with Crippen LogP contribution >= 0.6 is 0 Å². The lowest BCUT2D eigenvalue weighted by molar-refractivity contribution is -0.142. The molecule has 27 heavy (non-hydrogen) atoms. The second kappa shape index (κ2) is 6.37. The van der Waals surface area contributed by atoms with Gasteiger partial charge in [-0.2, -0.15) is 0 Å². The van der Waals surface area contributed by atoms with Crippen LogP contribution in [0, 0.1) is 34.5 Å². The van der Waals surface area contributed by atoms with Crippen molar-refractivity contribution < 1.29 is 19.5 Å². The SMILES string of the molecule is CCCC(=O)C1C[C@@]2(C)C(=CC(=O)[C@@H]3[C@@H]2CC[C@]2(C)C(=O)CC[C@@H]32)C[C@H]1O. The summed E-state index contributed by atoms with van der Waals surface area (Å²) in [4.78, 5) is 38.3. The zero-order valence-electron chi connectivity index (χ0n) is 16.8. The zero-order valence-corrected chi connectivity index (χ0v) is 16.8. The smallest absolute Gasteiger partial charge is 0.159 e. The molecule has 4 aliphatic carbocycles. The normalized spacial score (nSPS) is 46.4. The van der Waals surface area contributed by atoms with Crippen LogP contribution in [0.5, 0.6) is 0 Å². The maximum absolute atomic E-state index is 13.1. The van der Waals surface area contributed by atoms with Crippen LogP contribution in [-0.4, -0.2) is 28.6 Å². The van der Waals surface area contributed by atoms with E-state index in [0.29, 0.717) is 31.5 Å². The molecule has 0 aromatic carbocycles. The Bertz CT molecular complexity index is 722. The molecule has 0 spiro atoms. The van der Waals surface area contributed by atoms with Crippen molar-refractivity contribution in [2.24, 2.45) is 34.5 Å². The summed E-state index contributed by atoms with van der Waals surface area (Å²) in [5.74, 6) is 0.564. The van der Waals surface area contributed by atoms with Crippen molar-refractivity contribution in [2.75, 3.05) is 0 Å². The summed E-state index contributed by atoms with van der Waals surface area (Å²) in [6.45, 7) is 6.27. The molecule has 0 aromatic rings. The molecule has 0 bridgehead atoms. The molecule has 4 nitrogen and oxygen atoms in total. The van der Waals surface area contributed by atoms with Gasteiger partial charge >= 0.3 is 0 Å². The molecule has 0 heterocycles. The summed E-state index contributed by atoms with van der Waals surface area (Å²) < 4.78 is 0. The molecule has 1 N–H and O–H groups in total. The molecule has 4 heteroatoms. The molecule has 0 aliphatic heterocycles. The van der Waals surface area contributed by atoms with E-state index in [1.54, 1.807) is 6.08 Å². The highest BCUT2D eigenvalue weighted by Crippen LogP contribution is 2.63. The van der Waals surface area contributed by atoms with Crippen molar-refractivity contribution in [2.45, 2.75) is 78.2 Å². The van der Waals surface area contributed by atoms with Gasteiger partial charge in [-0.25, -0.2) is 0 Å². The van der Waals surface area contributed by atoms with Crippen molar-refractivity contribution in [3.8, 4) is 0 Å². The molecule has 3 fully saturated rings. The fourth-order valence-electron chi connectivity index (χ4n) is 6.99. The third-order valence-electron chi connectivity index (χ3n) is 8.62. The Balaban J connectivity index is 1.70. The molecule has 0 aromatic heterocycles. The highest BCUT2D eigenvalue weighted by atomic mass is 16.3. The minimum Gasteiger partial charge on any atom is -0.392 e. The molecule has 3 saturated carbocycles. The van der Waals surface area contributed by atoms with Crippen molar-refractivity contribution in [3.05, 3.63) is 11.6 Å². The Morgan fingerprint density at radius 1 is 1.19 bits per heavy atom. The van der Waals surface area contributed by atoms with Gasteiger partial charge in [-0.3, -0.25) is 14.4 Å². The van der Waals surface area contributed by atoms with Crippen LogP contribution in [0.15, 0.2) is 11.6 Å². The minimum atomic E-state index is -0.672. The summed E-state index contributed by atoms with van der Waals surface area (Å²) in [5.41, 5.74) is 0.484. The number of rotatable bonds is 3. The number of fused-ring (bicyclic) bond motifs is 5. The molecular weight excluding hydrogens is 340 g/mol. The van der Waals surface area contributed by atoms with E-state index in [0.717, 1.165) is 31.3 Å². The number of aliphatic hydroxyl groups is 1. The van der Waals surface area contributed by atoms with Crippen LogP contribution < -0.4 is 0 Å². The van der Waals surface area contributed by atoms with E-state index in [2.05, 4.69) is 13.8 Å². The largest absolute Gasteiger partial charge is 0.392 e.